The summed E-state index contributed by atoms with van der Waals surface area (Å²) in [6.45, 7) is 0. The second-order valence-corrected chi connectivity index (χ2v) is 5.27. The number of hydrogen-bond acceptors (Lipinski definition) is 6. The Labute approximate surface area is 129 Å². The number of allylic oxidation sites excluding steroid dienone is 2. The van der Waals surface area contributed by atoms with Gasteiger partial charge in [-0.3, -0.25) is 9.59 Å². The number of fused-ring (bicyclic) bond motifs is 1. The number of halogens is 1. The van der Waals surface area contributed by atoms with E-state index in [1.807, 2.05) is 0 Å². The first-order valence-electron chi connectivity index (χ1n) is 6.33. The molecule has 1 aromatic heterocycles. The van der Waals surface area contributed by atoms with Gasteiger partial charge in [-0.15, -0.1) is 11.8 Å². The minimum atomic E-state index is -0.439. The van der Waals surface area contributed by atoms with Crippen LogP contribution in [0.25, 0.3) is 0 Å². The maximum Gasteiger partial charge on any atom is 0.231 e. The maximum absolute atomic E-state index is 13.3. The fourth-order valence-corrected chi connectivity index (χ4v) is 2.76. The molecule has 5 nitrogen and oxygen atoms in total. The van der Waals surface area contributed by atoms with E-state index in [0.29, 0.717) is 5.69 Å². The Balaban J connectivity index is 2.08. The normalized spacial score (nSPS) is 14.1. The van der Waals surface area contributed by atoms with Crippen molar-refractivity contribution in [3.63, 3.8) is 0 Å². The summed E-state index contributed by atoms with van der Waals surface area (Å²) >= 11 is 1.14. The first kappa shape index (κ1) is 14.4. The Morgan fingerprint density at radius 1 is 1.09 bits per heavy atom. The van der Waals surface area contributed by atoms with Crippen molar-refractivity contribution in [1.29, 1.82) is 0 Å². The van der Waals surface area contributed by atoms with Gasteiger partial charge in [-0.25, -0.2) is 14.4 Å². The summed E-state index contributed by atoms with van der Waals surface area (Å²) in [7, 11) is 0. The van der Waals surface area contributed by atoms with Crippen LogP contribution in [-0.4, -0.2) is 27.8 Å². The summed E-state index contributed by atoms with van der Waals surface area (Å²) < 4.78 is 13.3. The van der Waals surface area contributed by atoms with Gasteiger partial charge in [0.15, 0.2) is 0 Å². The summed E-state index contributed by atoms with van der Waals surface area (Å²) in [6.07, 6.45) is 4.41. The van der Waals surface area contributed by atoms with Crippen molar-refractivity contribution in [1.82, 2.24) is 9.97 Å². The van der Waals surface area contributed by atoms with Gasteiger partial charge in [0.25, 0.3) is 0 Å². The summed E-state index contributed by atoms with van der Waals surface area (Å²) in [6, 6.07) is 5.66. The number of ketones is 2. The number of rotatable bonds is 3. The Hall–Kier alpha value is -2.54. The van der Waals surface area contributed by atoms with Gasteiger partial charge in [0, 0.05) is 18.1 Å². The Bertz CT molecular complexity index is 820. The fraction of sp³-hybridized carbons (Fsp3) is 0.0667. The molecule has 0 saturated carbocycles. The third-order valence-electron chi connectivity index (χ3n) is 3.09. The molecule has 7 heteroatoms. The monoisotopic (exact) mass is 315 g/mol. The molecule has 0 atom stereocenters. The van der Waals surface area contributed by atoms with Gasteiger partial charge in [0.05, 0.1) is 4.91 Å². The first-order valence-corrected chi connectivity index (χ1v) is 7.55. The minimum Gasteiger partial charge on any atom is -0.351 e. The number of thioether (sulfide) groups is 1. The van der Waals surface area contributed by atoms with Gasteiger partial charge in [-0.1, -0.05) is 6.07 Å². The Kier molecular flexibility index (Phi) is 3.72. The maximum atomic E-state index is 13.3. The molecule has 0 fully saturated rings. The topological polar surface area (TPSA) is 72.0 Å². The molecule has 1 heterocycles. The molecule has 1 aliphatic rings. The average molecular weight is 315 g/mol. The van der Waals surface area contributed by atoms with E-state index in [9.17, 15) is 14.0 Å². The van der Waals surface area contributed by atoms with E-state index in [1.165, 1.54) is 30.6 Å². The summed E-state index contributed by atoms with van der Waals surface area (Å²) in [5, 5.41) is 2.82. The molecule has 3 rings (SSSR count). The zero-order valence-corrected chi connectivity index (χ0v) is 12.3. The smallest absolute Gasteiger partial charge is 0.231 e. The van der Waals surface area contributed by atoms with Crippen molar-refractivity contribution < 1.29 is 14.0 Å². The number of carbonyl (C=O) groups is 2. The van der Waals surface area contributed by atoms with Crippen LogP contribution in [0.3, 0.4) is 0 Å². The summed E-state index contributed by atoms with van der Waals surface area (Å²) in [5.74, 6) is -1.24. The van der Waals surface area contributed by atoms with Gasteiger partial charge in [-0.2, -0.15) is 0 Å². The number of aromatic nitrogens is 2. The van der Waals surface area contributed by atoms with Crippen LogP contribution < -0.4 is 5.32 Å². The second-order valence-electron chi connectivity index (χ2n) is 4.46. The molecule has 1 N–H and O–H groups in total. The standard InChI is InChI=1S/C15H10FN3O2S/c1-22-15-12(19-9-4-2-3-8(16)7-9)13(20)10-11(14(15)21)18-6-5-17-10/h2-7,19H,1H3. The molecule has 0 aliphatic heterocycles. The average Bonchev–Trinajstić information content (AvgIpc) is 2.53. The predicted molar refractivity (Wildman–Crippen MR) is 81.3 cm³/mol. The minimum absolute atomic E-state index is 0.00389. The van der Waals surface area contributed by atoms with E-state index in [-0.39, 0.29) is 27.8 Å². The molecule has 22 heavy (non-hydrogen) atoms. The second kappa shape index (κ2) is 5.69. The van der Waals surface area contributed by atoms with Crippen LogP contribution in [0.1, 0.15) is 21.0 Å². The van der Waals surface area contributed by atoms with Gasteiger partial charge >= 0.3 is 0 Å². The van der Waals surface area contributed by atoms with Crippen LogP contribution >= 0.6 is 11.8 Å². The molecule has 0 saturated heterocycles. The zero-order chi connectivity index (χ0) is 15.7. The van der Waals surface area contributed by atoms with Crippen LogP contribution in [0.5, 0.6) is 0 Å². The van der Waals surface area contributed by atoms with E-state index in [0.717, 1.165) is 11.8 Å². The SMILES string of the molecule is CSC1=C(Nc2cccc(F)c2)C(=O)c2nccnc2C1=O. The number of nitrogens with zero attached hydrogens (tertiary/aromatic N) is 2. The van der Waals surface area contributed by atoms with Gasteiger partial charge < -0.3 is 5.32 Å². The zero-order valence-electron chi connectivity index (χ0n) is 11.5. The lowest BCUT2D eigenvalue weighted by atomic mass is 10.0. The predicted octanol–water partition coefficient (Wildman–Crippen LogP) is 2.68. The van der Waals surface area contributed by atoms with E-state index < -0.39 is 11.6 Å². The molecule has 0 radical (unpaired) electrons. The van der Waals surface area contributed by atoms with E-state index in [2.05, 4.69) is 15.3 Å². The number of Topliss-reactive ketones (excluding diaryl/α,β-unsaturated/α-hetero) is 2. The molecule has 2 aromatic rings. The molecule has 1 aromatic carbocycles. The van der Waals surface area contributed by atoms with Gasteiger partial charge in [0.1, 0.15) is 22.9 Å². The molecule has 0 unspecified atom stereocenters. The van der Waals surface area contributed by atoms with Crippen molar-refractivity contribution >= 4 is 29.0 Å². The van der Waals surface area contributed by atoms with Crippen molar-refractivity contribution in [3.05, 3.63) is 64.5 Å². The van der Waals surface area contributed by atoms with Crippen LogP contribution in [0.4, 0.5) is 10.1 Å². The lowest BCUT2D eigenvalue weighted by molar-refractivity contribution is 0.0975. The van der Waals surface area contributed by atoms with Crippen LogP contribution in [0, 0.1) is 5.82 Å². The number of carbonyl (C=O) groups excluding carboxylic acids is 2. The molecule has 110 valence electrons. The van der Waals surface area contributed by atoms with E-state index in [1.54, 1.807) is 12.3 Å². The Morgan fingerprint density at radius 3 is 2.41 bits per heavy atom. The summed E-state index contributed by atoms with van der Waals surface area (Å²) in [5.41, 5.74) is 0.525. The van der Waals surface area contributed by atoms with Crippen LogP contribution in [0.2, 0.25) is 0 Å². The molecule has 0 spiro atoms. The molecule has 1 aliphatic carbocycles. The third kappa shape index (κ3) is 2.39. The molecular formula is C15H10FN3O2S. The molecular weight excluding hydrogens is 305 g/mol. The van der Waals surface area contributed by atoms with Crippen molar-refractivity contribution in [2.45, 2.75) is 0 Å². The Morgan fingerprint density at radius 2 is 1.77 bits per heavy atom. The fourth-order valence-electron chi connectivity index (χ4n) is 2.13. The largest absolute Gasteiger partial charge is 0.351 e. The third-order valence-corrected chi connectivity index (χ3v) is 3.88. The van der Waals surface area contributed by atoms with Crippen LogP contribution in [-0.2, 0) is 0 Å². The van der Waals surface area contributed by atoms with E-state index in [4.69, 9.17) is 0 Å². The van der Waals surface area contributed by atoms with Gasteiger partial charge in [0.2, 0.25) is 11.6 Å². The lowest BCUT2D eigenvalue weighted by Crippen LogP contribution is -2.27. The number of benzene rings is 1. The van der Waals surface area contributed by atoms with Crippen LogP contribution in [0.15, 0.2) is 47.3 Å². The summed E-state index contributed by atoms with van der Waals surface area (Å²) in [4.78, 5) is 33.1. The number of nitrogens with one attached hydrogen (secondary N) is 1. The number of anilines is 1. The molecule has 0 amide bonds. The lowest BCUT2D eigenvalue weighted by Gasteiger charge is -2.19. The highest BCUT2D eigenvalue weighted by Crippen LogP contribution is 2.30. The highest BCUT2D eigenvalue weighted by molar-refractivity contribution is 8.03. The van der Waals surface area contributed by atoms with Crippen molar-refractivity contribution in [2.75, 3.05) is 11.6 Å². The first-order chi connectivity index (χ1) is 10.6. The van der Waals surface area contributed by atoms with Crippen molar-refractivity contribution in [2.24, 2.45) is 0 Å². The van der Waals surface area contributed by atoms with Gasteiger partial charge in [-0.05, 0) is 24.5 Å². The van der Waals surface area contributed by atoms with E-state index >= 15 is 0 Å². The number of hydrogen-bond donors (Lipinski definition) is 1. The molecule has 0 bridgehead atoms. The highest BCUT2D eigenvalue weighted by Gasteiger charge is 2.34. The highest BCUT2D eigenvalue weighted by atomic mass is 32.2. The van der Waals surface area contributed by atoms with Crippen molar-refractivity contribution in [3.8, 4) is 0 Å². The quantitative estimate of drug-likeness (QED) is 0.939.